The van der Waals surface area contributed by atoms with Crippen LogP contribution in [0.15, 0.2) is 74.1 Å². The van der Waals surface area contributed by atoms with Gasteiger partial charge in [-0.15, -0.1) is 0 Å². The number of carbonyl (C=O) groups excluding carboxylic acids is 2. The first-order valence-corrected chi connectivity index (χ1v) is 11.2. The standard InChI is InChI=1S/C26H23N7O3/c1-3-21(35)30-17-9-16(11-19(34)12-17)24-23-25(27)28-14-29-26(23)33(31-24)18-10-15-7-5-6-8-20(15)32(13-18)22(36)4-2/h3-9,11-12,14,18,34H,1-2,10,13H2,(H,30,35)(H2,27,28,29). The highest BCUT2D eigenvalue weighted by molar-refractivity contribution is 6.03. The highest BCUT2D eigenvalue weighted by atomic mass is 16.3. The Morgan fingerprint density at radius 3 is 2.72 bits per heavy atom. The number of rotatable bonds is 5. The highest BCUT2D eigenvalue weighted by Crippen LogP contribution is 2.38. The topological polar surface area (TPSA) is 139 Å². The molecule has 0 fully saturated rings. The van der Waals surface area contributed by atoms with Gasteiger partial charge in [0.1, 0.15) is 23.6 Å². The molecule has 180 valence electrons. The van der Waals surface area contributed by atoms with Gasteiger partial charge in [-0.3, -0.25) is 9.59 Å². The minimum atomic E-state index is -0.419. The molecule has 0 radical (unpaired) electrons. The van der Waals surface area contributed by atoms with Crippen LogP contribution in [0.3, 0.4) is 0 Å². The molecule has 5 rings (SSSR count). The van der Waals surface area contributed by atoms with Crippen molar-refractivity contribution in [2.75, 3.05) is 22.5 Å². The smallest absolute Gasteiger partial charge is 0.250 e. The number of anilines is 3. The number of nitrogens with two attached hydrogens (primary N) is 1. The fourth-order valence-electron chi connectivity index (χ4n) is 4.52. The Hall–Kier alpha value is -4.99. The molecule has 0 aliphatic carbocycles. The molecule has 10 nitrogen and oxygen atoms in total. The number of fused-ring (bicyclic) bond motifs is 2. The fourth-order valence-corrected chi connectivity index (χ4v) is 4.52. The summed E-state index contributed by atoms with van der Waals surface area (Å²) in [6.07, 6.45) is 4.40. The monoisotopic (exact) mass is 481 g/mol. The average Bonchev–Trinajstić information content (AvgIpc) is 3.28. The van der Waals surface area contributed by atoms with E-state index in [4.69, 9.17) is 10.8 Å². The molecule has 1 atom stereocenters. The predicted molar refractivity (Wildman–Crippen MR) is 137 cm³/mol. The summed E-state index contributed by atoms with van der Waals surface area (Å²) in [5.74, 6) is -0.484. The molecule has 0 saturated heterocycles. The number of nitrogen functional groups attached to an aromatic ring is 1. The number of aromatic nitrogens is 4. The third-order valence-corrected chi connectivity index (χ3v) is 6.08. The van der Waals surface area contributed by atoms with Gasteiger partial charge in [-0.05, 0) is 42.3 Å². The van der Waals surface area contributed by atoms with Crippen LogP contribution in [0.1, 0.15) is 11.6 Å². The Labute approximate surface area is 206 Å². The lowest BCUT2D eigenvalue weighted by Gasteiger charge is -2.34. The van der Waals surface area contributed by atoms with Gasteiger partial charge < -0.3 is 21.1 Å². The molecule has 10 heteroatoms. The second-order valence-corrected chi connectivity index (χ2v) is 8.35. The lowest BCUT2D eigenvalue weighted by Crippen LogP contribution is -2.40. The molecule has 1 aliphatic rings. The van der Waals surface area contributed by atoms with Gasteiger partial charge in [0.25, 0.3) is 0 Å². The minimum Gasteiger partial charge on any atom is -0.508 e. The van der Waals surface area contributed by atoms with Crippen LogP contribution in [0.25, 0.3) is 22.3 Å². The van der Waals surface area contributed by atoms with Crippen molar-refractivity contribution in [1.82, 2.24) is 19.7 Å². The number of hydrogen-bond acceptors (Lipinski definition) is 7. The van der Waals surface area contributed by atoms with Crippen LogP contribution in [0, 0.1) is 0 Å². The average molecular weight is 482 g/mol. The minimum absolute atomic E-state index is 0.0701. The van der Waals surface area contributed by atoms with E-state index in [0.717, 1.165) is 17.3 Å². The molecule has 0 spiro atoms. The van der Waals surface area contributed by atoms with Crippen LogP contribution in [-0.4, -0.2) is 43.2 Å². The Kier molecular flexibility index (Phi) is 5.69. The van der Waals surface area contributed by atoms with E-state index in [2.05, 4.69) is 28.4 Å². The summed E-state index contributed by atoms with van der Waals surface area (Å²) >= 11 is 0. The summed E-state index contributed by atoms with van der Waals surface area (Å²) in [5.41, 5.74) is 9.89. The van der Waals surface area contributed by atoms with Crippen molar-refractivity contribution in [3.8, 4) is 17.0 Å². The number of aromatic hydroxyl groups is 1. The Morgan fingerprint density at radius 1 is 1.14 bits per heavy atom. The van der Waals surface area contributed by atoms with E-state index in [9.17, 15) is 14.7 Å². The molecule has 0 saturated carbocycles. The summed E-state index contributed by atoms with van der Waals surface area (Å²) in [7, 11) is 0. The van der Waals surface area contributed by atoms with Crippen LogP contribution < -0.4 is 16.0 Å². The second-order valence-electron chi connectivity index (χ2n) is 8.35. The quantitative estimate of drug-likeness (QED) is 0.372. The van der Waals surface area contributed by atoms with Gasteiger partial charge in [-0.1, -0.05) is 31.4 Å². The zero-order valence-corrected chi connectivity index (χ0v) is 19.3. The zero-order chi connectivity index (χ0) is 25.4. The number of para-hydroxylation sites is 1. The van der Waals surface area contributed by atoms with Crippen LogP contribution in [0.4, 0.5) is 17.2 Å². The molecule has 1 aliphatic heterocycles. The van der Waals surface area contributed by atoms with E-state index in [1.165, 1.54) is 24.5 Å². The maximum Gasteiger partial charge on any atom is 0.250 e. The lowest BCUT2D eigenvalue weighted by atomic mass is 9.97. The summed E-state index contributed by atoms with van der Waals surface area (Å²) in [4.78, 5) is 34.8. The van der Waals surface area contributed by atoms with Crippen molar-refractivity contribution in [2.24, 2.45) is 0 Å². The molecular weight excluding hydrogens is 458 g/mol. The van der Waals surface area contributed by atoms with Gasteiger partial charge in [-0.25, -0.2) is 14.6 Å². The molecule has 4 N–H and O–H groups in total. The molecule has 1 unspecified atom stereocenters. The zero-order valence-electron chi connectivity index (χ0n) is 19.3. The number of carbonyl (C=O) groups is 2. The first kappa shape index (κ1) is 22.8. The van der Waals surface area contributed by atoms with Crippen molar-refractivity contribution in [1.29, 1.82) is 0 Å². The summed E-state index contributed by atoms with van der Waals surface area (Å²) in [5, 5.41) is 18.3. The molecule has 2 aromatic heterocycles. The molecule has 4 aromatic rings. The molecule has 36 heavy (non-hydrogen) atoms. The van der Waals surface area contributed by atoms with E-state index in [1.54, 1.807) is 15.6 Å². The van der Waals surface area contributed by atoms with Crippen molar-refractivity contribution in [3.05, 3.63) is 79.7 Å². The molecule has 3 heterocycles. The number of phenols is 1. The van der Waals surface area contributed by atoms with Crippen LogP contribution in [0.2, 0.25) is 0 Å². The van der Waals surface area contributed by atoms with Crippen LogP contribution in [0.5, 0.6) is 5.75 Å². The number of hydrogen-bond donors (Lipinski definition) is 3. The summed E-state index contributed by atoms with van der Waals surface area (Å²) in [6.45, 7) is 7.44. The number of nitrogens with zero attached hydrogens (tertiary/aromatic N) is 5. The SMILES string of the molecule is C=CC(=O)Nc1cc(O)cc(-c2nn(C3Cc4ccccc4N(C(=O)C=C)C3)c3ncnc(N)c23)c1. The van der Waals surface area contributed by atoms with Crippen molar-refractivity contribution < 1.29 is 14.7 Å². The first-order chi connectivity index (χ1) is 17.4. The van der Waals surface area contributed by atoms with E-state index in [-0.39, 0.29) is 23.5 Å². The molecule has 2 aromatic carbocycles. The van der Waals surface area contributed by atoms with Crippen molar-refractivity contribution in [2.45, 2.75) is 12.5 Å². The van der Waals surface area contributed by atoms with E-state index in [0.29, 0.717) is 40.9 Å². The Balaban J connectivity index is 1.66. The maximum atomic E-state index is 12.7. The van der Waals surface area contributed by atoms with Gasteiger partial charge >= 0.3 is 0 Å². The lowest BCUT2D eigenvalue weighted by molar-refractivity contribution is -0.114. The molecule has 2 amide bonds. The fraction of sp³-hybridized carbons (Fsp3) is 0.115. The largest absolute Gasteiger partial charge is 0.508 e. The predicted octanol–water partition coefficient (Wildman–Crippen LogP) is 3.22. The van der Waals surface area contributed by atoms with Crippen molar-refractivity contribution in [3.63, 3.8) is 0 Å². The summed E-state index contributed by atoms with van der Waals surface area (Å²) < 4.78 is 1.74. The number of phenolic OH excluding ortho intramolecular Hbond substituents is 1. The van der Waals surface area contributed by atoms with Crippen molar-refractivity contribution >= 4 is 40.0 Å². The number of benzene rings is 2. The summed E-state index contributed by atoms with van der Waals surface area (Å²) in [6, 6.07) is 12.1. The van der Waals surface area contributed by atoms with Gasteiger partial charge in [-0.2, -0.15) is 5.10 Å². The van der Waals surface area contributed by atoms with Gasteiger partial charge in [0.2, 0.25) is 11.8 Å². The van der Waals surface area contributed by atoms with E-state index < -0.39 is 5.91 Å². The Morgan fingerprint density at radius 2 is 1.94 bits per heavy atom. The van der Waals surface area contributed by atoms with Crippen LogP contribution >= 0.6 is 0 Å². The third-order valence-electron chi connectivity index (χ3n) is 6.08. The van der Waals surface area contributed by atoms with Gasteiger partial charge in [0, 0.05) is 29.5 Å². The third kappa shape index (κ3) is 3.94. The number of nitrogens with one attached hydrogen (secondary N) is 1. The van der Waals surface area contributed by atoms with Gasteiger partial charge in [0.05, 0.1) is 11.4 Å². The van der Waals surface area contributed by atoms with E-state index in [1.807, 2.05) is 24.3 Å². The van der Waals surface area contributed by atoms with Crippen LogP contribution in [-0.2, 0) is 16.0 Å². The maximum absolute atomic E-state index is 12.7. The Bertz CT molecular complexity index is 1540. The van der Waals surface area contributed by atoms with E-state index >= 15 is 0 Å². The number of amides is 2. The highest BCUT2D eigenvalue weighted by Gasteiger charge is 2.31. The first-order valence-electron chi connectivity index (χ1n) is 11.2. The van der Waals surface area contributed by atoms with Gasteiger partial charge in [0.15, 0.2) is 5.65 Å². The second kappa shape index (κ2) is 8.99. The molecular formula is C26H23N7O3. The normalized spacial score (nSPS) is 14.8. The molecule has 0 bridgehead atoms.